The Kier molecular flexibility index (Phi) is 7.64. The maximum atomic E-state index is 14.6. The molecule has 2 saturated heterocycles. The molecule has 0 saturated carbocycles. The van der Waals surface area contributed by atoms with Gasteiger partial charge in [0.15, 0.2) is 0 Å². The number of imidazole rings is 1. The lowest BCUT2D eigenvalue weighted by Gasteiger charge is -2.46. The number of nitrogens with two attached hydrogens (primary N) is 1. The fourth-order valence-electron chi connectivity index (χ4n) is 6.22. The van der Waals surface area contributed by atoms with Crippen LogP contribution < -0.4 is 15.8 Å². The molecule has 0 bridgehead atoms. The average molecular weight is 616 g/mol. The zero-order valence-electron chi connectivity index (χ0n) is 23.7. The van der Waals surface area contributed by atoms with Crippen molar-refractivity contribution in [3.8, 4) is 17.0 Å². The van der Waals surface area contributed by atoms with Crippen molar-refractivity contribution < 1.29 is 31.5 Å². The van der Waals surface area contributed by atoms with E-state index in [4.69, 9.17) is 15.5 Å². The van der Waals surface area contributed by atoms with Gasteiger partial charge >= 0.3 is 6.18 Å². The topological polar surface area (TPSA) is 111 Å². The molecule has 3 N–H and O–H groups in total. The standard InChI is InChI=1S/C30H30F5N7O2/c1-2-44-21-14-17(28(43)39-23-15-19(8-10-37-23)30(33,34)35)4-6-20(21)24-25-26(36)38-11-13-42(25)27(40-24)18-5-7-22-29(31,32)9-3-12-41(22)16-18/h4,6,8,10-11,13-15,18,22H,2-3,5,7,9,12,16H2,1H3,(H2,36,38)(H,37,39,43)/t18-,22?/m1/s1. The number of alkyl halides is 5. The predicted molar refractivity (Wildman–Crippen MR) is 153 cm³/mol. The number of ether oxygens (including phenoxy) is 1. The normalized spacial score (nSPS) is 20.3. The number of carbonyl (C=O) groups excluding carboxylic acids is 1. The summed E-state index contributed by atoms with van der Waals surface area (Å²) in [7, 11) is 0. The number of fused-ring (bicyclic) bond motifs is 2. The van der Waals surface area contributed by atoms with E-state index < -0.39 is 29.6 Å². The van der Waals surface area contributed by atoms with E-state index in [0.717, 1.165) is 18.3 Å². The number of hydrogen-bond acceptors (Lipinski definition) is 7. The van der Waals surface area contributed by atoms with Crippen LogP contribution in [0.3, 0.4) is 0 Å². The Hall–Kier alpha value is -4.33. The smallest absolute Gasteiger partial charge is 0.416 e. The van der Waals surface area contributed by atoms with Gasteiger partial charge in [-0.1, -0.05) is 0 Å². The van der Waals surface area contributed by atoms with Crippen LogP contribution in [0.2, 0.25) is 0 Å². The number of piperidine rings is 2. The van der Waals surface area contributed by atoms with E-state index in [1.807, 2.05) is 9.30 Å². The minimum Gasteiger partial charge on any atom is -0.493 e. The average Bonchev–Trinajstić information content (AvgIpc) is 3.37. The first kappa shape index (κ1) is 29.7. The zero-order valence-corrected chi connectivity index (χ0v) is 23.7. The number of nitrogens with one attached hydrogen (secondary N) is 1. The molecular weight excluding hydrogens is 585 g/mol. The molecule has 1 aromatic carbocycles. The van der Waals surface area contributed by atoms with Crippen molar-refractivity contribution in [1.82, 2.24) is 24.3 Å². The van der Waals surface area contributed by atoms with E-state index in [1.165, 1.54) is 12.1 Å². The molecule has 2 aliphatic heterocycles. The van der Waals surface area contributed by atoms with E-state index in [2.05, 4.69) is 15.3 Å². The highest BCUT2D eigenvalue weighted by atomic mass is 19.4. The minimum atomic E-state index is -4.59. The maximum absolute atomic E-state index is 14.6. The maximum Gasteiger partial charge on any atom is 0.416 e. The number of aromatic nitrogens is 4. The molecule has 2 fully saturated rings. The summed E-state index contributed by atoms with van der Waals surface area (Å²) in [5.74, 6) is -2.62. The highest BCUT2D eigenvalue weighted by Crippen LogP contribution is 2.43. The summed E-state index contributed by atoms with van der Waals surface area (Å²) >= 11 is 0. The lowest BCUT2D eigenvalue weighted by Crippen LogP contribution is -2.55. The Morgan fingerprint density at radius 3 is 2.75 bits per heavy atom. The van der Waals surface area contributed by atoms with Gasteiger partial charge in [0.25, 0.3) is 11.8 Å². The van der Waals surface area contributed by atoms with Crippen LogP contribution in [0.25, 0.3) is 16.8 Å². The number of benzene rings is 1. The first-order chi connectivity index (χ1) is 21.0. The van der Waals surface area contributed by atoms with Gasteiger partial charge in [-0.15, -0.1) is 0 Å². The monoisotopic (exact) mass is 615 g/mol. The predicted octanol–water partition coefficient (Wildman–Crippen LogP) is 6.02. The molecule has 9 nitrogen and oxygen atoms in total. The fourth-order valence-corrected chi connectivity index (χ4v) is 6.22. The second-order valence-electron chi connectivity index (χ2n) is 11.0. The summed E-state index contributed by atoms with van der Waals surface area (Å²) in [4.78, 5) is 27.9. The number of nitrogen functional groups attached to an aromatic ring is 1. The van der Waals surface area contributed by atoms with Crippen LogP contribution in [-0.4, -0.2) is 61.8 Å². The molecule has 2 atom stereocenters. The Bertz CT molecular complexity index is 1710. The van der Waals surface area contributed by atoms with E-state index in [-0.39, 0.29) is 36.1 Å². The van der Waals surface area contributed by atoms with E-state index in [0.29, 0.717) is 60.7 Å². The Balaban J connectivity index is 1.34. The summed E-state index contributed by atoms with van der Waals surface area (Å²) in [6.45, 7) is 3.04. The number of pyridine rings is 1. The molecule has 2 aliphatic rings. The molecule has 0 spiro atoms. The molecule has 6 rings (SSSR count). The van der Waals surface area contributed by atoms with E-state index in [1.54, 1.807) is 25.4 Å². The number of halogens is 5. The molecule has 232 valence electrons. The zero-order chi connectivity index (χ0) is 31.2. The fraction of sp³-hybridized carbons (Fsp3) is 0.400. The summed E-state index contributed by atoms with van der Waals surface area (Å²) in [5.41, 5.74) is 7.00. The van der Waals surface area contributed by atoms with E-state index in [9.17, 15) is 26.7 Å². The lowest BCUT2D eigenvalue weighted by molar-refractivity contribution is -0.137. The number of hydrogen-bond donors (Lipinski definition) is 2. The second-order valence-corrected chi connectivity index (χ2v) is 11.0. The first-order valence-electron chi connectivity index (χ1n) is 14.3. The Labute approximate surface area is 249 Å². The Morgan fingerprint density at radius 1 is 1.16 bits per heavy atom. The molecule has 0 aliphatic carbocycles. The van der Waals surface area contributed by atoms with Gasteiger partial charge in [-0.25, -0.2) is 23.7 Å². The van der Waals surface area contributed by atoms with Gasteiger partial charge in [-0.05, 0) is 63.1 Å². The van der Waals surface area contributed by atoms with Crippen LogP contribution in [0, 0.1) is 0 Å². The van der Waals surface area contributed by atoms with Crippen molar-refractivity contribution in [3.63, 3.8) is 0 Å². The molecular formula is C30H30F5N7O2. The van der Waals surface area contributed by atoms with Gasteiger partial charge in [0.2, 0.25) is 0 Å². The van der Waals surface area contributed by atoms with Crippen LogP contribution in [0.15, 0.2) is 48.9 Å². The molecule has 4 aromatic rings. The van der Waals surface area contributed by atoms with Gasteiger partial charge in [0, 0.05) is 48.6 Å². The van der Waals surface area contributed by atoms with Crippen molar-refractivity contribution >= 4 is 23.1 Å². The molecule has 0 radical (unpaired) electrons. The first-order valence-corrected chi connectivity index (χ1v) is 14.3. The lowest BCUT2D eigenvalue weighted by atomic mass is 9.85. The van der Waals surface area contributed by atoms with Crippen molar-refractivity contribution in [2.24, 2.45) is 0 Å². The van der Waals surface area contributed by atoms with Gasteiger partial charge in [0.1, 0.15) is 34.4 Å². The highest BCUT2D eigenvalue weighted by molar-refractivity contribution is 6.04. The van der Waals surface area contributed by atoms with Crippen LogP contribution in [0.4, 0.5) is 33.6 Å². The van der Waals surface area contributed by atoms with Crippen LogP contribution in [0.5, 0.6) is 5.75 Å². The molecule has 1 amide bonds. The minimum absolute atomic E-state index is 0.0951. The van der Waals surface area contributed by atoms with Gasteiger partial charge in [0.05, 0.1) is 18.2 Å². The van der Waals surface area contributed by atoms with Crippen molar-refractivity contribution in [2.45, 2.75) is 56.7 Å². The van der Waals surface area contributed by atoms with E-state index >= 15 is 0 Å². The van der Waals surface area contributed by atoms with Gasteiger partial charge < -0.3 is 15.8 Å². The third kappa shape index (κ3) is 5.53. The van der Waals surface area contributed by atoms with Crippen molar-refractivity contribution in [3.05, 3.63) is 65.9 Å². The third-order valence-corrected chi connectivity index (χ3v) is 8.23. The largest absolute Gasteiger partial charge is 0.493 e. The molecule has 14 heteroatoms. The second kappa shape index (κ2) is 11.3. The van der Waals surface area contributed by atoms with Crippen molar-refractivity contribution in [2.75, 3.05) is 30.7 Å². The Morgan fingerprint density at radius 2 is 1.98 bits per heavy atom. The summed E-state index contributed by atoms with van der Waals surface area (Å²) in [5, 5.41) is 2.40. The molecule has 5 heterocycles. The number of nitrogens with zero attached hydrogens (tertiary/aromatic N) is 5. The molecule has 1 unspecified atom stereocenters. The van der Waals surface area contributed by atoms with Gasteiger partial charge in [-0.3, -0.25) is 14.1 Å². The number of amides is 1. The SMILES string of the molecule is CCOc1cc(C(=O)Nc2cc(C(F)(F)F)ccn2)ccc1-c1nc([C@@H]2CCC3N(CCCC3(F)F)C2)n2ccnc(N)c12. The number of carbonyl (C=O) groups is 1. The summed E-state index contributed by atoms with van der Waals surface area (Å²) < 4.78 is 76.3. The van der Waals surface area contributed by atoms with Gasteiger partial charge in [-0.2, -0.15) is 13.2 Å². The molecule has 3 aromatic heterocycles. The van der Waals surface area contributed by atoms with Crippen LogP contribution in [-0.2, 0) is 6.18 Å². The summed E-state index contributed by atoms with van der Waals surface area (Å²) in [6.07, 6.45) is 0.874. The molecule has 44 heavy (non-hydrogen) atoms. The summed E-state index contributed by atoms with van der Waals surface area (Å²) in [6, 6.07) is 5.39. The number of anilines is 2. The third-order valence-electron chi connectivity index (χ3n) is 8.23. The van der Waals surface area contributed by atoms with Crippen molar-refractivity contribution in [1.29, 1.82) is 0 Å². The highest BCUT2D eigenvalue weighted by Gasteiger charge is 2.48. The quantitative estimate of drug-likeness (QED) is 0.255. The van der Waals surface area contributed by atoms with Crippen LogP contribution >= 0.6 is 0 Å². The van der Waals surface area contributed by atoms with Crippen LogP contribution in [0.1, 0.15) is 60.3 Å². The number of rotatable bonds is 6.